The Kier molecular flexibility index (Phi) is 7.91. The molecule has 0 bridgehead atoms. The summed E-state index contributed by atoms with van der Waals surface area (Å²) in [6, 6.07) is 6.60. The zero-order valence-corrected chi connectivity index (χ0v) is 14.7. The zero-order valence-electron chi connectivity index (χ0n) is 12.3. The van der Waals surface area contributed by atoms with Crippen LogP contribution in [0.3, 0.4) is 0 Å². The second-order valence-corrected chi connectivity index (χ2v) is 5.89. The summed E-state index contributed by atoms with van der Waals surface area (Å²) < 4.78 is 13.7. The number of carbonyl (C=O) groups excluding carboxylic acids is 1. The van der Waals surface area contributed by atoms with E-state index in [9.17, 15) is 9.18 Å². The minimum Gasteiger partial charge on any atom is -0.347 e. The number of aromatic nitrogens is 1. The van der Waals surface area contributed by atoms with Crippen molar-refractivity contribution < 1.29 is 9.18 Å². The molecule has 1 aromatic carbocycles. The summed E-state index contributed by atoms with van der Waals surface area (Å²) in [5.74, 6) is -0.516. The van der Waals surface area contributed by atoms with Gasteiger partial charge in [-0.15, -0.1) is 36.2 Å². The number of thiazole rings is 1. The van der Waals surface area contributed by atoms with Crippen molar-refractivity contribution in [3.63, 3.8) is 0 Å². The van der Waals surface area contributed by atoms with Gasteiger partial charge in [0, 0.05) is 23.5 Å². The Balaban J connectivity index is 0.00000132. The van der Waals surface area contributed by atoms with Crippen molar-refractivity contribution in [2.24, 2.45) is 0 Å². The maximum atomic E-state index is 13.7. The highest BCUT2D eigenvalue weighted by Gasteiger charge is 2.19. The van der Waals surface area contributed by atoms with Crippen molar-refractivity contribution in [3.8, 4) is 10.6 Å². The topological polar surface area (TPSA) is 54.0 Å². The lowest BCUT2D eigenvalue weighted by Gasteiger charge is -2.23. The molecule has 4 nitrogen and oxygen atoms in total. The molecule has 2 heterocycles. The van der Waals surface area contributed by atoms with Crippen LogP contribution in [0.25, 0.3) is 10.6 Å². The van der Waals surface area contributed by atoms with E-state index in [2.05, 4.69) is 15.6 Å². The fraction of sp³-hybridized carbons (Fsp3) is 0.333. The molecule has 23 heavy (non-hydrogen) atoms. The SMILES string of the molecule is Cl.Cl.O=C(N[C@H]1CCCNC1)c1csc(-c2ccccc2F)n1. The van der Waals surface area contributed by atoms with Crippen LogP contribution in [0.5, 0.6) is 0 Å². The number of piperidine rings is 1. The minimum atomic E-state index is -0.324. The smallest absolute Gasteiger partial charge is 0.271 e. The first kappa shape index (κ1) is 19.8. The lowest BCUT2D eigenvalue weighted by atomic mass is 10.1. The number of nitrogens with zero attached hydrogens (tertiary/aromatic N) is 1. The highest BCUT2D eigenvalue weighted by Crippen LogP contribution is 2.26. The number of rotatable bonds is 3. The number of carbonyl (C=O) groups is 1. The summed E-state index contributed by atoms with van der Waals surface area (Å²) in [6.07, 6.45) is 2.03. The number of amides is 1. The van der Waals surface area contributed by atoms with Crippen LogP contribution in [0.4, 0.5) is 4.39 Å². The van der Waals surface area contributed by atoms with Gasteiger partial charge < -0.3 is 10.6 Å². The molecule has 3 rings (SSSR count). The Morgan fingerprint density at radius 2 is 2.13 bits per heavy atom. The highest BCUT2D eigenvalue weighted by atomic mass is 35.5. The van der Waals surface area contributed by atoms with Crippen molar-refractivity contribution >= 4 is 42.1 Å². The van der Waals surface area contributed by atoms with E-state index in [1.54, 1.807) is 23.6 Å². The average molecular weight is 378 g/mol. The third-order valence-corrected chi connectivity index (χ3v) is 4.35. The van der Waals surface area contributed by atoms with Crippen LogP contribution in [-0.2, 0) is 0 Å². The van der Waals surface area contributed by atoms with Crippen LogP contribution < -0.4 is 10.6 Å². The van der Waals surface area contributed by atoms with Crippen molar-refractivity contribution in [1.29, 1.82) is 0 Å². The molecule has 1 amide bonds. The molecular weight excluding hydrogens is 360 g/mol. The maximum Gasteiger partial charge on any atom is 0.271 e. The van der Waals surface area contributed by atoms with Gasteiger partial charge in [0.1, 0.15) is 16.5 Å². The lowest BCUT2D eigenvalue weighted by Crippen LogP contribution is -2.45. The normalized spacial score (nSPS) is 16.8. The monoisotopic (exact) mass is 377 g/mol. The van der Waals surface area contributed by atoms with Gasteiger partial charge >= 0.3 is 0 Å². The summed E-state index contributed by atoms with van der Waals surface area (Å²) in [5, 5.41) is 8.41. The van der Waals surface area contributed by atoms with E-state index >= 15 is 0 Å². The molecule has 0 saturated carbocycles. The van der Waals surface area contributed by atoms with Crippen LogP contribution in [0.1, 0.15) is 23.3 Å². The molecule has 1 aliphatic heterocycles. The predicted octanol–water partition coefficient (Wildman–Crippen LogP) is 3.27. The van der Waals surface area contributed by atoms with E-state index in [0.717, 1.165) is 25.9 Å². The first-order valence-electron chi connectivity index (χ1n) is 6.96. The third-order valence-electron chi connectivity index (χ3n) is 3.47. The van der Waals surface area contributed by atoms with Gasteiger partial charge in [-0.3, -0.25) is 4.79 Å². The molecular formula is C15H18Cl2FN3OS. The van der Waals surface area contributed by atoms with Gasteiger partial charge in [0.2, 0.25) is 0 Å². The van der Waals surface area contributed by atoms with Gasteiger partial charge in [-0.25, -0.2) is 9.37 Å². The van der Waals surface area contributed by atoms with E-state index in [1.165, 1.54) is 17.4 Å². The molecule has 2 N–H and O–H groups in total. The molecule has 1 atom stereocenters. The van der Waals surface area contributed by atoms with Crippen LogP contribution in [-0.4, -0.2) is 30.0 Å². The Morgan fingerprint density at radius 1 is 1.35 bits per heavy atom. The van der Waals surface area contributed by atoms with Crippen LogP contribution in [0, 0.1) is 5.82 Å². The summed E-state index contributed by atoms with van der Waals surface area (Å²) in [7, 11) is 0. The highest BCUT2D eigenvalue weighted by molar-refractivity contribution is 7.13. The summed E-state index contributed by atoms with van der Waals surface area (Å²) in [4.78, 5) is 16.4. The Labute approximate surface area is 150 Å². The van der Waals surface area contributed by atoms with Gasteiger partial charge in [0.25, 0.3) is 5.91 Å². The van der Waals surface area contributed by atoms with Crippen LogP contribution in [0.2, 0.25) is 0 Å². The average Bonchev–Trinajstić information content (AvgIpc) is 2.98. The third kappa shape index (κ3) is 4.88. The van der Waals surface area contributed by atoms with Crippen LogP contribution >= 0.6 is 36.2 Å². The molecule has 0 spiro atoms. The standard InChI is InChI=1S/C15H16FN3OS.2ClH/c16-12-6-2-1-5-11(12)15-19-13(9-21-15)14(20)18-10-4-3-7-17-8-10;;/h1-2,5-6,9-10,17H,3-4,7-8H2,(H,18,20);2*1H/t10-;;/m0../s1. The number of hydrogen-bond acceptors (Lipinski definition) is 4. The van der Waals surface area contributed by atoms with Gasteiger partial charge in [-0.1, -0.05) is 12.1 Å². The first-order valence-corrected chi connectivity index (χ1v) is 7.84. The van der Waals surface area contributed by atoms with Gasteiger partial charge in [-0.05, 0) is 31.5 Å². The van der Waals surface area contributed by atoms with Crippen LogP contribution in [0.15, 0.2) is 29.6 Å². The van der Waals surface area contributed by atoms with Crippen molar-refractivity contribution in [2.75, 3.05) is 13.1 Å². The largest absolute Gasteiger partial charge is 0.347 e. The summed E-state index contributed by atoms with van der Waals surface area (Å²) >= 11 is 1.28. The van der Waals surface area contributed by atoms with E-state index in [1.807, 2.05) is 0 Å². The fourth-order valence-electron chi connectivity index (χ4n) is 2.37. The minimum absolute atomic E-state index is 0. The van der Waals surface area contributed by atoms with E-state index in [-0.39, 0.29) is 42.6 Å². The van der Waals surface area contributed by atoms with E-state index in [4.69, 9.17) is 0 Å². The molecule has 1 aliphatic rings. The number of benzene rings is 1. The predicted molar refractivity (Wildman–Crippen MR) is 95.4 cm³/mol. The Bertz CT molecular complexity index is 647. The number of nitrogens with one attached hydrogen (secondary N) is 2. The quantitative estimate of drug-likeness (QED) is 0.862. The maximum absolute atomic E-state index is 13.7. The molecule has 8 heteroatoms. The van der Waals surface area contributed by atoms with Gasteiger partial charge in [0.05, 0.1) is 0 Å². The molecule has 0 unspecified atom stereocenters. The number of hydrogen-bond donors (Lipinski definition) is 2. The fourth-order valence-corrected chi connectivity index (χ4v) is 3.20. The second-order valence-electron chi connectivity index (χ2n) is 5.03. The molecule has 1 aromatic heterocycles. The first-order chi connectivity index (χ1) is 10.2. The van der Waals surface area contributed by atoms with Crippen molar-refractivity contribution in [3.05, 3.63) is 41.2 Å². The Hall–Kier alpha value is -1.21. The van der Waals surface area contributed by atoms with E-state index < -0.39 is 0 Å². The molecule has 1 saturated heterocycles. The molecule has 126 valence electrons. The van der Waals surface area contributed by atoms with Crippen molar-refractivity contribution in [1.82, 2.24) is 15.6 Å². The van der Waals surface area contributed by atoms with Crippen molar-refractivity contribution in [2.45, 2.75) is 18.9 Å². The number of halogens is 3. The van der Waals surface area contributed by atoms with E-state index in [0.29, 0.717) is 16.3 Å². The van der Waals surface area contributed by atoms with Gasteiger partial charge in [0.15, 0.2) is 0 Å². The Morgan fingerprint density at radius 3 is 2.83 bits per heavy atom. The molecule has 0 aliphatic carbocycles. The van der Waals surface area contributed by atoms with Gasteiger partial charge in [-0.2, -0.15) is 0 Å². The summed E-state index contributed by atoms with van der Waals surface area (Å²) in [6.45, 7) is 1.79. The summed E-state index contributed by atoms with van der Waals surface area (Å²) in [5.41, 5.74) is 0.782. The molecule has 2 aromatic rings. The lowest BCUT2D eigenvalue weighted by molar-refractivity contribution is 0.0926. The molecule has 1 fully saturated rings. The zero-order chi connectivity index (χ0) is 14.7. The second kappa shape index (κ2) is 9.17. The molecule has 0 radical (unpaired) electrons.